The molecule has 1 N–H and O–H groups in total. The smallest absolute Gasteiger partial charge is 0.0208 e. The van der Waals surface area contributed by atoms with Crippen LogP contribution in [0.3, 0.4) is 0 Å². The molecule has 1 heterocycles. The Labute approximate surface area is 111 Å². The normalized spacial score (nSPS) is 24.1. The highest BCUT2D eigenvalue weighted by Gasteiger charge is 2.31. The molecule has 0 aliphatic carbocycles. The maximum Gasteiger partial charge on any atom is 0.0208 e. The third-order valence-corrected chi connectivity index (χ3v) is 4.31. The van der Waals surface area contributed by atoms with E-state index in [0.29, 0.717) is 11.6 Å². The lowest BCUT2D eigenvalue weighted by Gasteiger charge is -2.43. The van der Waals surface area contributed by atoms with E-state index in [1.807, 2.05) is 0 Å². The van der Waals surface area contributed by atoms with Gasteiger partial charge in [0, 0.05) is 18.1 Å². The first-order valence-corrected chi connectivity index (χ1v) is 6.97. The number of nitrogens with zero attached hydrogens (tertiary/aromatic N) is 1. The van der Waals surface area contributed by atoms with Crippen LogP contribution < -0.4 is 5.32 Å². The standard InChI is InChI=1S/C16H26N2/c1-13-5-7-14(8-6-13)12-17-15-9-10-18(4)16(2,3)11-15/h5-8,15,17H,9-12H2,1-4H3/t15-/m1/s1. The zero-order valence-electron chi connectivity index (χ0n) is 12.2. The summed E-state index contributed by atoms with van der Waals surface area (Å²) < 4.78 is 0. The number of hydrogen-bond acceptors (Lipinski definition) is 2. The number of likely N-dealkylation sites (tertiary alicyclic amines) is 1. The molecule has 0 saturated carbocycles. The van der Waals surface area contributed by atoms with Crippen LogP contribution in [0.1, 0.15) is 37.8 Å². The Hall–Kier alpha value is -0.860. The van der Waals surface area contributed by atoms with Crippen molar-refractivity contribution >= 4 is 0 Å². The van der Waals surface area contributed by atoms with Gasteiger partial charge in [0.05, 0.1) is 0 Å². The van der Waals surface area contributed by atoms with Gasteiger partial charge in [0.15, 0.2) is 0 Å². The van der Waals surface area contributed by atoms with Gasteiger partial charge in [-0.15, -0.1) is 0 Å². The van der Waals surface area contributed by atoms with Crippen LogP contribution in [0.4, 0.5) is 0 Å². The predicted octanol–water partition coefficient (Wildman–Crippen LogP) is 2.96. The summed E-state index contributed by atoms with van der Waals surface area (Å²) in [7, 11) is 2.23. The molecular formula is C16H26N2. The number of rotatable bonds is 3. The number of benzene rings is 1. The van der Waals surface area contributed by atoms with Gasteiger partial charge in [-0.1, -0.05) is 29.8 Å². The molecule has 2 heteroatoms. The summed E-state index contributed by atoms with van der Waals surface area (Å²) in [5.74, 6) is 0. The first-order valence-electron chi connectivity index (χ1n) is 6.97. The molecule has 2 rings (SSSR count). The van der Waals surface area contributed by atoms with Crippen LogP contribution in [-0.2, 0) is 6.54 Å². The Morgan fingerprint density at radius 1 is 1.28 bits per heavy atom. The number of hydrogen-bond donors (Lipinski definition) is 1. The topological polar surface area (TPSA) is 15.3 Å². The van der Waals surface area contributed by atoms with E-state index >= 15 is 0 Å². The summed E-state index contributed by atoms with van der Waals surface area (Å²) in [6.45, 7) is 9.00. The summed E-state index contributed by atoms with van der Waals surface area (Å²) in [4.78, 5) is 2.47. The molecule has 1 fully saturated rings. The van der Waals surface area contributed by atoms with Gasteiger partial charge in [-0.2, -0.15) is 0 Å². The first kappa shape index (κ1) is 13.6. The summed E-state index contributed by atoms with van der Waals surface area (Å²) in [5, 5.41) is 3.71. The molecule has 0 spiro atoms. The molecule has 1 aromatic carbocycles. The van der Waals surface area contributed by atoms with Crippen molar-refractivity contribution in [3.05, 3.63) is 35.4 Å². The van der Waals surface area contributed by atoms with E-state index in [2.05, 4.69) is 62.3 Å². The molecule has 2 nitrogen and oxygen atoms in total. The minimum Gasteiger partial charge on any atom is -0.310 e. The van der Waals surface area contributed by atoms with Crippen LogP contribution in [0.5, 0.6) is 0 Å². The quantitative estimate of drug-likeness (QED) is 0.882. The molecule has 1 aromatic rings. The van der Waals surface area contributed by atoms with E-state index in [4.69, 9.17) is 0 Å². The molecule has 1 aliphatic heterocycles. The number of aryl methyl sites for hydroxylation is 1. The summed E-state index contributed by atoms with van der Waals surface area (Å²) in [5.41, 5.74) is 3.04. The Bertz CT molecular complexity index is 381. The zero-order chi connectivity index (χ0) is 13.2. The van der Waals surface area contributed by atoms with Gasteiger partial charge in [0.1, 0.15) is 0 Å². The fraction of sp³-hybridized carbons (Fsp3) is 0.625. The minimum absolute atomic E-state index is 0.323. The highest BCUT2D eigenvalue weighted by atomic mass is 15.2. The lowest BCUT2D eigenvalue weighted by atomic mass is 9.87. The van der Waals surface area contributed by atoms with E-state index in [9.17, 15) is 0 Å². The van der Waals surface area contributed by atoms with E-state index in [1.54, 1.807) is 0 Å². The lowest BCUT2D eigenvalue weighted by molar-refractivity contribution is 0.0850. The largest absolute Gasteiger partial charge is 0.310 e. The molecule has 100 valence electrons. The van der Waals surface area contributed by atoms with Gasteiger partial charge in [-0.25, -0.2) is 0 Å². The van der Waals surface area contributed by atoms with Gasteiger partial charge >= 0.3 is 0 Å². The van der Waals surface area contributed by atoms with Crippen molar-refractivity contribution in [1.82, 2.24) is 10.2 Å². The Kier molecular flexibility index (Phi) is 4.08. The lowest BCUT2D eigenvalue weighted by Crippen LogP contribution is -2.52. The van der Waals surface area contributed by atoms with Crippen LogP contribution in [-0.4, -0.2) is 30.1 Å². The molecular weight excluding hydrogens is 220 g/mol. The van der Waals surface area contributed by atoms with E-state index in [0.717, 1.165) is 6.54 Å². The fourth-order valence-corrected chi connectivity index (χ4v) is 2.66. The van der Waals surface area contributed by atoms with Gasteiger partial charge in [-0.05, 0) is 52.8 Å². The Balaban J connectivity index is 1.86. The SMILES string of the molecule is Cc1ccc(CN[C@@H]2CCN(C)C(C)(C)C2)cc1. The highest BCUT2D eigenvalue weighted by Crippen LogP contribution is 2.26. The van der Waals surface area contributed by atoms with E-state index in [1.165, 1.54) is 30.5 Å². The molecule has 0 unspecified atom stereocenters. The van der Waals surface area contributed by atoms with E-state index in [-0.39, 0.29) is 0 Å². The second-order valence-electron chi connectivity index (χ2n) is 6.29. The van der Waals surface area contributed by atoms with Crippen LogP contribution in [0.25, 0.3) is 0 Å². The summed E-state index contributed by atoms with van der Waals surface area (Å²) in [6, 6.07) is 9.48. The van der Waals surface area contributed by atoms with Crippen molar-refractivity contribution in [2.24, 2.45) is 0 Å². The zero-order valence-corrected chi connectivity index (χ0v) is 12.2. The van der Waals surface area contributed by atoms with Crippen LogP contribution in [0.2, 0.25) is 0 Å². The summed E-state index contributed by atoms with van der Waals surface area (Å²) in [6.07, 6.45) is 2.49. The maximum atomic E-state index is 3.71. The monoisotopic (exact) mass is 246 g/mol. The van der Waals surface area contributed by atoms with E-state index < -0.39 is 0 Å². The average Bonchev–Trinajstić information content (AvgIpc) is 2.32. The third kappa shape index (κ3) is 3.33. The van der Waals surface area contributed by atoms with Crippen LogP contribution in [0.15, 0.2) is 24.3 Å². The van der Waals surface area contributed by atoms with Gasteiger partial charge < -0.3 is 10.2 Å². The fourth-order valence-electron chi connectivity index (χ4n) is 2.66. The first-order chi connectivity index (χ1) is 8.47. The Morgan fingerprint density at radius 3 is 2.56 bits per heavy atom. The molecule has 0 radical (unpaired) electrons. The summed E-state index contributed by atoms with van der Waals surface area (Å²) >= 11 is 0. The molecule has 1 saturated heterocycles. The number of nitrogens with one attached hydrogen (secondary N) is 1. The predicted molar refractivity (Wildman–Crippen MR) is 77.7 cm³/mol. The van der Waals surface area contributed by atoms with Crippen molar-refractivity contribution in [3.63, 3.8) is 0 Å². The average molecular weight is 246 g/mol. The van der Waals surface area contributed by atoms with Crippen molar-refractivity contribution in [2.45, 2.75) is 51.7 Å². The second kappa shape index (κ2) is 5.41. The second-order valence-corrected chi connectivity index (χ2v) is 6.29. The van der Waals surface area contributed by atoms with Crippen molar-refractivity contribution in [2.75, 3.05) is 13.6 Å². The van der Waals surface area contributed by atoms with Crippen molar-refractivity contribution < 1.29 is 0 Å². The molecule has 0 aromatic heterocycles. The van der Waals surface area contributed by atoms with Gasteiger partial charge in [-0.3, -0.25) is 0 Å². The molecule has 1 aliphatic rings. The van der Waals surface area contributed by atoms with Gasteiger partial charge in [0.2, 0.25) is 0 Å². The highest BCUT2D eigenvalue weighted by molar-refractivity contribution is 5.21. The Morgan fingerprint density at radius 2 is 1.94 bits per heavy atom. The van der Waals surface area contributed by atoms with Crippen molar-refractivity contribution in [1.29, 1.82) is 0 Å². The van der Waals surface area contributed by atoms with Crippen LogP contribution >= 0.6 is 0 Å². The molecule has 18 heavy (non-hydrogen) atoms. The van der Waals surface area contributed by atoms with Crippen molar-refractivity contribution in [3.8, 4) is 0 Å². The van der Waals surface area contributed by atoms with Crippen LogP contribution in [0, 0.1) is 6.92 Å². The molecule has 0 bridgehead atoms. The van der Waals surface area contributed by atoms with Gasteiger partial charge in [0.25, 0.3) is 0 Å². The molecule has 0 amide bonds. The minimum atomic E-state index is 0.323. The molecule has 1 atom stereocenters. The number of piperidine rings is 1. The maximum absolute atomic E-state index is 3.71. The third-order valence-electron chi connectivity index (χ3n) is 4.31.